The van der Waals surface area contributed by atoms with Crippen LogP contribution in [0.25, 0.3) is 0 Å². The summed E-state index contributed by atoms with van der Waals surface area (Å²) in [6.07, 6.45) is 6.31. The summed E-state index contributed by atoms with van der Waals surface area (Å²) in [6.45, 7) is 2.15. The number of hydrogen-bond donors (Lipinski definition) is 2. The van der Waals surface area contributed by atoms with E-state index in [1.807, 2.05) is 24.3 Å². The number of benzene rings is 1. The van der Waals surface area contributed by atoms with Gasteiger partial charge in [0.15, 0.2) is 6.61 Å². The molecule has 0 heterocycles. The SMILES string of the molecule is CCC(N)Cc1ccccc1OCC(=O)NC1CCCC1. The second kappa shape index (κ2) is 8.03. The van der Waals surface area contributed by atoms with E-state index in [4.69, 9.17) is 10.5 Å². The smallest absolute Gasteiger partial charge is 0.258 e. The number of para-hydroxylation sites is 1. The molecule has 21 heavy (non-hydrogen) atoms. The first kappa shape index (κ1) is 15.8. The molecule has 0 saturated heterocycles. The van der Waals surface area contributed by atoms with Crippen molar-refractivity contribution in [2.24, 2.45) is 5.73 Å². The van der Waals surface area contributed by atoms with Crippen molar-refractivity contribution in [3.05, 3.63) is 29.8 Å². The van der Waals surface area contributed by atoms with E-state index in [2.05, 4.69) is 12.2 Å². The maximum absolute atomic E-state index is 11.9. The lowest BCUT2D eigenvalue weighted by atomic mass is 10.0. The molecule has 1 aromatic rings. The van der Waals surface area contributed by atoms with Crippen molar-refractivity contribution in [1.82, 2.24) is 5.32 Å². The molecular weight excluding hydrogens is 264 g/mol. The van der Waals surface area contributed by atoms with Gasteiger partial charge >= 0.3 is 0 Å². The fourth-order valence-electron chi connectivity index (χ4n) is 2.72. The van der Waals surface area contributed by atoms with Crippen LogP contribution >= 0.6 is 0 Å². The third-order valence-corrected chi connectivity index (χ3v) is 4.06. The number of ether oxygens (including phenoxy) is 1. The van der Waals surface area contributed by atoms with Crippen LogP contribution < -0.4 is 15.8 Å². The molecule has 0 bridgehead atoms. The summed E-state index contributed by atoms with van der Waals surface area (Å²) < 4.78 is 5.69. The minimum Gasteiger partial charge on any atom is -0.483 e. The van der Waals surface area contributed by atoms with Crippen LogP contribution in [0.1, 0.15) is 44.6 Å². The molecule has 0 radical (unpaired) electrons. The van der Waals surface area contributed by atoms with E-state index < -0.39 is 0 Å². The van der Waals surface area contributed by atoms with Gasteiger partial charge in [-0.15, -0.1) is 0 Å². The Hall–Kier alpha value is -1.55. The highest BCUT2D eigenvalue weighted by Crippen LogP contribution is 2.20. The number of nitrogens with two attached hydrogens (primary N) is 1. The predicted octanol–water partition coefficient (Wildman–Crippen LogP) is 2.40. The van der Waals surface area contributed by atoms with Gasteiger partial charge in [-0.05, 0) is 37.3 Å². The van der Waals surface area contributed by atoms with Crippen LogP contribution in [-0.2, 0) is 11.2 Å². The fourth-order valence-corrected chi connectivity index (χ4v) is 2.72. The van der Waals surface area contributed by atoms with Crippen molar-refractivity contribution in [3.63, 3.8) is 0 Å². The Kier molecular flexibility index (Phi) is 6.05. The largest absolute Gasteiger partial charge is 0.483 e. The molecule has 1 unspecified atom stereocenters. The van der Waals surface area contributed by atoms with Gasteiger partial charge in [0, 0.05) is 12.1 Å². The van der Waals surface area contributed by atoms with Crippen molar-refractivity contribution in [1.29, 1.82) is 0 Å². The Labute approximate surface area is 127 Å². The monoisotopic (exact) mass is 290 g/mol. The topological polar surface area (TPSA) is 64.3 Å². The van der Waals surface area contributed by atoms with Gasteiger partial charge in [-0.2, -0.15) is 0 Å². The lowest BCUT2D eigenvalue weighted by molar-refractivity contribution is -0.123. The highest BCUT2D eigenvalue weighted by molar-refractivity contribution is 5.77. The number of amides is 1. The fraction of sp³-hybridized carbons (Fsp3) is 0.588. The van der Waals surface area contributed by atoms with Gasteiger partial charge in [-0.25, -0.2) is 0 Å². The highest BCUT2D eigenvalue weighted by Gasteiger charge is 2.17. The molecule has 1 atom stereocenters. The van der Waals surface area contributed by atoms with Crippen LogP contribution in [0.4, 0.5) is 0 Å². The van der Waals surface area contributed by atoms with Gasteiger partial charge < -0.3 is 15.8 Å². The van der Waals surface area contributed by atoms with Gasteiger partial charge in [0.05, 0.1) is 0 Å². The van der Waals surface area contributed by atoms with Crippen molar-refractivity contribution < 1.29 is 9.53 Å². The summed E-state index contributed by atoms with van der Waals surface area (Å²) in [7, 11) is 0. The normalized spacial score (nSPS) is 16.7. The second-order valence-corrected chi connectivity index (χ2v) is 5.82. The van der Waals surface area contributed by atoms with Crippen LogP contribution in [0, 0.1) is 0 Å². The summed E-state index contributed by atoms with van der Waals surface area (Å²) in [5, 5.41) is 3.03. The molecular formula is C17H26N2O2. The van der Waals surface area contributed by atoms with E-state index in [1.54, 1.807) is 0 Å². The summed E-state index contributed by atoms with van der Waals surface area (Å²) in [5.74, 6) is 0.736. The van der Waals surface area contributed by atoms with E-state index in [-0.39, 0.29) is 18.6 Å². The average molecular weight is 290 g/mol. The number of nitrogens with one attached hydrogen (secondary N) is 1. The Balaban J connectivity index is 1.85. The van der Waals surface area contributed by atoms with Gasteiger partial charge in [-0.1, -0.05) is 38.0 Å². The average Bonchev–Trinajstić information content (AvgIpc) is 2.99. The maximum atomic E-state index is 11.9. The number of carbonyl (C=O) groups is 1. The predicted molar refractivity (Wildman–Crippen MR) is 84.3 cm³/mol. The Bertz CT molecular complexity index is 456. The summed E-state index contributed by atoms with van der Waals surface area (Å²) in [6, 6.07) is 8.28. The van der Waals surface area contributed by atoms with Gasteiger partial charge in [0.2, 0.25) is 0 Å². The quantitative estimate of drug-likeness (QED) is 0.810. The minimum absolute atomic E-state index is 0.0310. The molecule has 1 amide bonds. The van der Waals surface area contributed by atoms with Crippen molar-refractivity contribution >= 4 is 5.91 Å². The molecule has 1 aliphatic rings. The highest BCUT2D eigenvalue weighted by atomic mass is 16.5. The molecule has 0 spiro atoms. The molecule has 4 nitrogen and oxygen atoms in total. The van der Waals surface area contributed by atoms with Crippen LogP contribution in [0.2, 0.25) is 0 Å². The molecule has 0 aromatic heterocycles. The zero-order valence-corrected chi connectivity index (χ0v) is 12.8. The van der Waals surface area contributed by atoms with E-state index in [1.165, 1.54) is 12.8 Å². The first-order valence-electron chi connectivity index (χ1n) is 7.94. The van der Waals surface area contributed by atoms with E-state index in [0.717, 1.165) is 37.0 Å². The van der Waals surface area contributed by atoms with Crippen molar-refractivity contribution in [2.75, 3.05) is 6.61 Å². The third kappa shape index (κ3) is 5.05. The van der Waals surface area contributed by atoms with Gasteiger partial charge in [0.1, 0.15) is 5.75 Å². The van der Waals surface area contributed by atoms with Crippen molar-refractivity contribution in [2.45, 2.75) is 57.5 Å². The maximum Gasteiger partial charge on any atom is 0.258 e. The molecule has 116 valence electrons. The number of rotatable bonds is 7. The Morgan fingerprint density at radius 2 is 2.10 bits per heavy atom. The molecule has 0 aliphatic heterocycles. The van der Waals surface area contributed by atoms with Gasteiger partial charge in [-0.3, -0.25) is 4.79 Å². The molecule has 3 N–H and O–H groups in total. The third-order valence-electron chi connectivity index (χ3n) is 4.06. The zero-order chi connectivity index (χ0) is 15.1. The molecule has 1 fully saturated rings. The number of carbonyl (C=O) groups excluding carboxylic acids is 1. The minimum atomic E-state index is -0.0310. The molecule has 2 rings (SSSR count). The number of hydrogen-bond acceptors (Lipinski definition) is 3. The Morgan fingerprint density at radius 3 is 2.81 bits per heavy atom. The molecule has 1 saturated carbocycles. The van der Waals surface area contributed by atoms with Crippen LogP contribution in [0.15, 0.2) is 24.3 Å². The zero-order valence-electron chi connectivity index (χ0n) is 12.8. The first-order valence-corrected chi connectivity index (χ1v) is 7.94. The standard InChI is InChI=1S/C17H26N2O2/c1-2-14(18)11-13-7-3-6-10-16(13)21-12-17(20)19-15-8-4-5-9-15/h3,6-7,10,14-15H,2,4-5,8-9,11-12,18H2,1H3,(H,19,20). The Morgan fingerprint density at radius 1 is 1.38 bits per heavy atom. The van der Waals surface area contributed by atoms with Gasteiger partial charge in [0.25, 0.3) is 5.91 Å². The van der Waals surface area contributed by atoms with E-state index >= 15 is 0 Å². The van der Waals surface area contributed by atoms with E-state index in [9.17, 15) is 4.79 Å². The van der Waals surface area contributed by atoms with Crippen LogP contribution in [0.3, 0.4) is 0 Å². The lowest BCUT2D eigenvalue weighted by Crippen LogP contribution is -2.36. The molecule has 1 aliphatic carbocycles. The van der Waals surface area contributed by atoms with Crippen LogP contribution in [0.5, 0.6) is 5.75 Å². The molecule has 4 heteroatoms. The lowest BCUT2D eigenvalue weighted by Gasteiger charge is -2.15. The summed E-state index contributed by atoms with van der Waals surface area (Å²) in [5.41, 5.74) is 7.07. The van der Waals surface area contributed by atoms with Crippen LogP contribution in [-0.4, -0.2) is 24.6 Å². The first-order chi connectivity index (χ1) is 10.2. The summed E-state index contributed by atoms with van der Waals surface area (Å²) in [4.78, 5) is 11.9. The van der Waals surface area contributed by atoms with E-state index in [0.29, 0.717) is 6.04 Å². The summed E-state index contributed by atoms with van der Waals surface area (Å²) >= 11 is 0. The molecule has 1 aromatic carbocycles. The second-order valence-electron chi connectivity index (χ2n) is 5.82. The van der Waals surface area contributed by atoms with Crippen molar-refractivity contribution in [3.8, 4) is 5.75 Å².